The summed E-state index contributed by atoms with van der Waals surface area (Å²) in [7, 11) is 0. The SMILES string of the molecule is CC(C)c1cccc(C(C)C)c1N=C(Cl)c1ccc2ccccc2n1. The van der Waals surface area contributed by atoms with E-state index in [4.69, 9.17) is 16.6 Å². The molecule has 0 aliphatic heterocycles. The normalized spacial score (nSPS) is 12.4. The fraction of sp³-hybridized carbons (Fsp3) is 0.273. The van der Waals surface area contributed by atoms with Gasteiger partial charge in [-0.2, -0.15) is 0 Å². The van der Waals surface area contributed by atoms with Gasteiger partial charge in [-0.05, 0) is 35.1 Å². The Morgan fingerprint density at radius 2 is 1.48 bits per heavy atom. The van der Waals surface area contributed by atoms with E-state index in [1.807, 2.05) is 36.4 Å². The summed E-state index contributed by atoms with van der Waals surface area (Å²) in [5, 5.41) is 1.53. The van der Waals surface area contributed by atoms with Crippen LogP contribution in [0, 0.1) is 0 Å². The zero-order chi connectivity index (χ0) is 18.0. The van der Waals surface area contributed by atoms with Crippen molar-refractivity contribution in [1.29, 1.82) is 0 Å². The molecule has 3 heteroatoms. The molecule has 1 aromatic heterocycles. The lowest BCUT2D eigenvalue weighted by atomic mass is 9.93. The lowest BCUT2D eigenvalue weighted by molar-refractivity contribution is 0.835. The highest BCUT2D eigenvalue weighted by molar-refractivity contribution is 6.69. The number of aromatic nitrogens is 1. The van der Waals surface area contributed by atoms with Gasteiger partial charge in [0.05, 0.1) is 11.2 Å². The van der Waals surface area contributed by atoms with E-state index < -0.39 is 0 Å². The monoisotopic (exact) mass is 350 g/mol. The third-order valence-corrected chi connectivity index (χ3v) is 4.64. The van der Waals surface area contributed by atoms with Crippen molar-refractivity contribution in [2.45, 2.75) is 39.5 Å². The largest absolute Gasteiger partial charge is 0.245 e. The first-order valence-electron chi connectivity index (χ1n) is 8.70. The Kier molecular flexibility index (Phi) is 5.19. The van der Waals surface area contributed by atoms with Crippen LogP contribution in [0.1, 0.15) is 56.4 Å². The number of pyridine rings is 1. The highest BCUT2D eigenvalue weighted by Crippen LogP contribution is 2.35. The van der Waals surface area contributed by atoms with Crippen LogP contribution in [-0.4, -0.2) is 10.2 Å². The number of para-hydroxylation sites is 2. The van der Waals surface area contributed by atoms with Crippen LogP contribution in [0.3, 0.4) is 0 Å². The molecular formula is C22H23ClN2. The van der Waals surface area contributed by atoms with Crippen molar-refractivity contribution in [3.8, 4) is 0 Å². The molecule has 0 N–H and O–H groups in total. The molecule has 0 aliphatic rings. The van der Waals surface area contributed by atoms with Gasteiger partial charge < -0.3 is 0 Å². The molecule has 0 aliphatic carbocycles. The minimum atomic E-state index is 0.381. The van der Waals surface area contributed by atoms with Crippen molar-refractivity contribution >= 4 is 33.4 Å². The Hall–Kier alpha value is -2.19. The fourth-order valence-corrected chi connectivity index (χ4v) is 3.17. The summed E-state index contributed by atoms with van der Waals surface area (Å²) in [5.74, 6) is 0.762. The van der Waals surface area contributed by atoms with Gasteiger partial charge in [-0.15, -0.1) is 0 Å². The molecule has 1 heterocycles. The zero-order valence-corrected chi connectivity index (χ0v) is 15.9. The van der Waals surface area contributed by atoms with E-state index in [0.29, 0.717) is 22.7 Å². The second-order valence-corrected chi connectivity index (χ2v) is 7.24. The molecule has 128 valence electrons. The van der Waals surface area contributed by atoms with Crippen LogP contribution in [0.15, 0.2) is 59.6 Å². The van der Waals surface area contributed by atoms with E-state index >= 15 is 0 Å². The maximum Gasteiger partial charge on any atom is 0.155 e. The number of hydrogen-bond acceptors (Lipinski definition) is 2. The Labute approximate surface area is 154 Å². The molecule has 0 amide bonds. The number of benzene rings is 2. The molecule has 2 aromatic carbocycles. The van der Waals surface area contributed by atoms with E-state index in [-0.39, 0.29) is 0 Å². The van der Waals surface area contributed by atoms with Gasteiger partial charge >= 0.3 is 0 Å². The van der Waals surface area contributed by atoms with Crippen molar-refractivity contribution in [3.05, 3.63) is 71.4 Å². The van der Waals surface area contributed by atoms with Crippen LogP contribution < -0.4 is 0 Å². The van der Waals surface area contributed by atoms with Crippen LogP contribution >= 0.6 is 11.6 Å². The van der Waals surface area contributed by atoms with Gasteiger partial charge in [-0.1, -0.05) is 81.8 Å². The van der Waals surface area contributed by atoms with Gasteiger partial charge in [0.25, 0.3) is 0 Å². The number of rotatable bonds is 4. The van der Waals surface area contributed by atoms with Crippen LogP contribution in [-0.2, 0) is 0 Å². The molecule has 2 nitrogen and oxygen atoms in total. The zero-order valence-electron chi connectivity index (χ0n) is 15.1. The highest BCUT2D eigenvalue weighted by atomic mass is 35.5. The Bertz CT molecular complexity index is 900. The average Bonchev–Trinajstić information content (AvgIpc) is 2.61. The van der Waals surface area contributed by atoms with Crippen LogP contribution in [0.25, 0.3) is 10.9 Å². The third kappa shape index (κ3) is 3.74. The van der Waals surface area contributed by atoms with Crippen molar-refractivity contribution in [2.75, 3.05) is 0 Å². The lowest BCUT2D eigenvalue weighted by Crippen LogP contribution is -1.99. The van der Waals surface area contributed by atoms with Gasteiger partial charge in [-0.3, -0.25) is 0 Å². The highest BCUT2D eigenvalue weighted by Gasteiger charge is 2.14. The van der Waals surface area contributed by atoms with Crippen molar-refractivity contribution < 1.29 is 0 Å². The van der Waals surface area contributed by atoms with Crippen molar-refractivity contribution in [3.63, 3.8) is 0 Å². The smallest absolute Gasteiger partial charge is 0.155 e. The van der Waals surface area contributed by atoms with E-state index in [2.05, 4.69) is 50.9 Å². The molecular weight excluding hydrogens is 328 g/mol. The molecule has 3 aromatic rings. The van der Waals surface area contributed by atoms with Crippen LogP contribution in [0.4, 0.5) is 5.69 Å². The maximum absolute atomic E-state index is 6.58. The summed E-state index contributed by atoms with van der Waals surface area (Å²) < 4.78 is 0. The molecule has 25 heavy (non-hydrogen) atoms. The number of halogens is 1. The van der Waals surface area contributed by atoms with Gasteiger partial charge in [0, 0.05) is 5.39 Å². The number of fused-ring (bicyclic) bond motifs is 1. The van der Waals surface area contributed by atoms with Gasteiger partial charge in [-0.25, -0.2) is 9.98 Å². The number of hydrogen-bond donors (Lipinski definition) is 0. The molecule has 0 saturated heterocycles. The van der Waals surface area contributed by atoms with E-state index in [9.17, 15) is 0 Å². The molecule has 0 fully saturated rings. The van der Waals surface area contributed by atoms with Crippen molar-refractivity contribution in [1.82, 2.24) is 4.98 Å². The molecule has 0 radical (unpaired) electrons. The van der Waals surface area contributed by atoms with E-state index in [0.717, 1.165) is 16.6 Å². The summed E-state index contributed by atoms with van der Waals surface area (Å²) in [4.78, 5) is 9.46. The second kappa shape index (κ2) is 7.37. The van der Waals surface area contributed by atoms with E-state index in [1.54, 1.807) is 0 Å². The van der Waals surface area contributed by atoms with Gasteiger partial charge in [0.2, 0.25) is 0 Å². The number of nitrogens with zero attached hydrogens (tertiary/aromatic N) is 2. The van der Waals surface area contributed by atoms with Crippen LogP contribution in [0.5, 0.6) is 0 Å². The summed E-state index contributed by atoms with van der Waals surface area (Å²) in [5.41, 5.74) is 5.03. The first-order chi connectivity index (χ1) is 12.0. The summed E-state index contributed by atoms with van der Waals surface area (Å²) in [6, 6.07) is 18.4. The third-order valence-electron chi connectivity index (χ3n) is 4.36. The maximum atomic E-state index is 6.58. The predicted octanol–water partition coefficient (Wildman–Crippen LogP) is 6.80. The first kappa shape index (κ1) is 17.6. The Morgan fingerprint density at radius 3 is 2.12 bits per heavy atom. The Morgan fingerprint density at radius 1 is 0.840 bits per heavy atom. The fourth-order valence-electron chi connectivity index (χ4n) is 2.98. The number of aliphatic imine (C=N–C) groups is 1. The summed E-state index contributed by atoms with van der Waals surface area (Å²) in [6.45, 7) is 8.72. The molecule has 0 saturated carbocycles. The summed E-state index contributed by atoms with van der Waals surface area (Å²) >= 11 is 6.58. The minimum Gasteiger partial charge on any atom is -0.245 e. The standard InChI is InChI=1S/C22H23ClN2/c1-14(2)17-9-7-10-18(15(3)4)21(17)25-22(23)20-13-12-16-8-5-6-11-19(16)24-20/h5-15H,1-4H3. The molecule has 3 rings (SSSR count). The van der Waals surface area contributed by atoms with E-state index in [1.165, 1.54) is 11.1 Å². The molecule has 0 atom stereocenters. The van der Waals surface area contributed by atoms with Crippen LogP contribution in [0.2, 0.25) is 0 Å². The summed E-state index contributed by atoms with van der Waals surface area (Å²) in [6.07, 6.45) is 0. The Balaban J connectivity index is 2.12. The first-order valence-corrected chi connectivity index (χ1v) is 9.08. The molecule has 0 bridgehead atoms. The lowest BCUT2D eigenvalue weighted by Gasteiger charge is -2.16. The van der Waals surface area contributed by atoms with Gasteiger partial charge in [0.1, 0.15) is 5.69 Å². The molecule has 0 unspecified atom stereocenters. The van der Waals surface area contributed by atoms with Crippen molar-refractivity contribution in [2.24, 2.45) is 4.99 Å². The second-order valence-electron chi connectivity index (χ2n) is 6.89. The molecule has 0 spiro atoms. The predicted molar refractivity (Wildman–Crippen MR) is 108 cm³/mol. The minimum absolute atomic E-state index is 0.381. The van der Waals surface area contributed by atoms with Gasteiger partial charge in [0.15, 0.2) is 5.17 Å². The quantitative estimate of drug-likeness (QED) is 0.475. The average molecular weight is 351 g/mol. The topological polar surface area (TPSA) is 25.2 Å².